The first-order valence-electron chi connectivity index (χ1n) is 8.95. The van der Waals surface area contributed by atoms with Crippen molar-refractivity contribution in [2.24, 2.45) is 0 Å². The molecule has 1 aromatic heterocycles. The van der Waals surface area contributed by atoms with E-state index in [1.165, 1.54) is 10.3 Å². The summed E-state index contributed by atoms with van der Waals surface area (Å²) in [5, 5.41) is 1.43. The van der Waals surface area contributed by atoms with Gasteiger partial charge in [-0.2, -0.15) is 0 Å². The van der Waals surface area contributed by atoms with E-state index in [-0.39, 0.29) is 4.90 Å². The summed E-state index contributed by atoms with van der Waals surface area (Å²) in [7, 11) is -3.79. The maximum Gasteiger partial charge on any atom is 0.270 e. The fraction of sp³-hybridized carbons (Fsp3) is 0.190. The SMILES string of the molecule is CCCCOc1ccc(S(=O)(=O)n2cnc3ccccc32)c2ccccc12. The summed E-state index contributed by atoms with van der Waals surface area (Å²) in [6, 6.07) is 18.0. The molecule has 0 aliphatic carbocycles. The minimum absolute atomic E-state index is 0.240. The van der Waals surface area contributed by atoms with Crippen molar-refractivity contribution >= 4 is 31.8 Å². The third-order valence-electron chi connectivity index (χ3n) is 4.56. The Labute approximate surface area is 158 Å². The number of hydrogen-bond acceptors (Lipinski definition) is 4. The second kappa shape index (κ2) is 7.04. The monoisotopic (exact) mass is 380 g/mol. The molecule has 0 bridgehead atoms. The van der Waals surface area contributed by atoms with Crippen LogP contribution in [0.15, 0.2) is 71.9 Å². The van der Waals surface area contributed by atoms with Gasteiger partial charge in [0.15, 0.2) is 0 Å². The molecule has 6 heteroatoms. The summed E-state index contributed by atoms with van der Waals surface area (Å²) in [6.45, 7) is 2.71. The van der Waals surface area contributed by atoms with Crippen molar-refractivity contribution in [2.45, 2.75) is 24.7 Å². The summed E-state index contributed by atoms with van der Waals surface area (Å²) < 4.78 is 33.9. The van der Waals surface area contributed by atoms with Gasteiger partial charge in [-0.25, -0.2) is 17.4 Å². The Morgan fingerprint density at radius 3 is 2.52 bits per heavy atom. The Kier molecular flexibility index (Phi) is 4.58. The van der Waals surface area contributed by atoms with Gasteiger partial charge in [-0.1, -0.05) is 49.7 Å². The quantitative estimate of drug-likeness (QED) is 0.459. The molecule has 0 spiro atoms. The van der Waals surface area contributed by atoms with E-state index in [1.54, 1.807) is 30.3 Å². The molecular weight excluding hydrogens is 360 g/mol. The first-order chi connectivity index (χ1) is 13.1. The molecule has 3 aromatic carbocycles. The standard InChI is InChI=1S/C21H20N2O3S/c1-2-3-14-26-20-12-13-21(17-9-5-4-8-16(17)20)27(24,25)23-15-22-18-10-6-7-11-19(18)23/h4-13,15H,2-3,14H2,1H3. The van der Waals surface area contributed by atoms with Gasteiger partial charge in [-0.15, -0.1) is 0 Å². The average molecular weight is 380 g/mol. The molecule has 1 heterocycles. The van der Waals surface area contributed by atoms with Gasteiger partial charge in [-0.05, 0) is 30.7 Å². The van der Waals surface area contributed by atoms with Crippen LogP contribution in [-0.2, 0) is 10.0 Å². The first-order valence-corrected chi connectivity index (χ1v) is 10.4. The molecule has 0 radical (unpaired) electrons. The van der Waals surface area contributed by atoms with Crippen molar-refractivity contribution in [1.29, 1.82) is 0 Å². The number of nitrogens with zero attached hydrogens (tertiary/aromatic N) is 2. The second-order valence-corrected chi connectivity index (χ2v) is 8.13. The van der Waals surface area contributed by atoms with Crippen LogP contribution in [0.3, 0.4) is 0 Å². The van der Waals surface area contributed by atoms with E-state index in [0.29, 0.717) is 28.8 Å². The van der Waals surface area contributed by atoms with Crippen LogP contribution in [0.4, 0.5) is 0 Å². The molecule has 0 amide bonds. The van der Waals surface area contributed by atoms with Crippen molar-refractivity contribution in [3.05, 3.63) is 67.0 Å². The molecule has 4 aromatic rings. The molecule has 0 aliphatic rings. The molecule has 4 rings (SSSR count). The van der Waals surface area contributed by atoms with Gasteiger partial charge in [0.2, 0.25) is 0 Å². The van der Waals surface area contributed by atoms with E-state index in [4.69, 9.17) is 4.74 Å². The highest BCUT2D eigenvalue weighted by Gasteiger charge is 2.23. The smallest absolute Gasteiger partial charge is 0.270 e. The summed E-state index contributed by atoms with van der Waals surface area (Å²) in [6.07, 6.45) is 3.36. The summed E-state index contributed by atoms with van der Waals surface area (Å²) >= 11 is 0. The van der Waals surface area contributed by atoms with Gasteiger partial charge in [-0.3, -0.25) is 0 Å². The molecule has 0 unspecified atom stereocenters. The molecule has 0 aliphatic heterocycles. The van der Waals surface area contributed by atoms with Gasteiger partial charge in [0.25, 0.3) is 10.0 Å². The van der Waals surface area contributed by atoms with Gasteiger partial charge in [0.1, 0.15) is 12.1 Å². The second-order valence-electron chi connectivity index (χ2n) is 6.34. The van der Waals surface area contributed by atoms with Crippen LogP contribution in [0.5, 0.6) is 5.75 Å². The summed E-state index contributed by atoms with van der Waals surface area (Å²) in [4.78, 5) is 4.46. The lowest BCUT2D eigenvalue weighted by Crippen LogP contribution is -2.12. The highest BCUT2D eigenvalue weighted by molar-refractivity contribution is 7.90. The van der Waals surface area contributed by atoms with Crippen LogP contribution < -0.4 is 4.74 Å². The van der Waals surface area contributed by atoms with Crippen molar-refractivity contribution in [3.63, 3.8) is 0 Å². The molecule has 5 nitrogen and oxygen atoms in total. The third-order valence-corrected chi connectivity index (χ3v) is 6.28. The highest BCUT2D eigenvalue weighted by atomic mass is 32.2. The van der Waals surface area contributed by atoms with Crippen molar-refractivity contribution in [3.8, 4) is 5.75 Å². The van der Waals surface area contributed by atoms with E-state index < -0.39 is 10.0 Å². The van der Waals surface area contributed by atoms with Crippen molar-refractivity contribution < 1.29 is 13.2 Å². The summed E-state index contributed by atoms with van der Waals surface area (Å²) in [5.41, 5.74) is 1.20. The number of ether oxygens (including phenoxy) is 1. The summed E-state index contributed by atoms with van der Waals surface area (Å²) in [5.74, 6) is 0.702. The molecule has 0 saturated heterocycles. The van der Waals surface area contributed by atoms with E-state index >= 15 is 0 Å². The van der Waals surface area contributed by atoms with Crippen LogP contribution in [0.1, 0.15) is 19.8 Å². The number of aromatic nitrogens is 2. The molecule has 0 atom stereocenters. The number of imidazole rings is 1. The fourth-order valence-corrected chi connectivity index (χ4v) is 4.65. The Hall–Kier alpha value is -2.86. The van der Waals surface area contributed by atoms with E-state index in [2.05, 4.69) is 11.9 Å². The molecule has 138 valence electrons. The van der Waals surface area contributed by atoms with Crippen molar-refractivity contribution in [1.82, 2.24) is 8.96 Å². The zero-order valence-electron chi connectivity index (χ0n) is 15.0. The van der Waals surface area contributed by atoms with Crippen LogP contribution >= 0.6 is 0 Å². The largest absolute Gasteiger partial charge is 0.493 e. The Morgan fingerprint density at radius 2 is 1.70 bits per heavy atom. The Balaban J connectivity index is 1.87. The van der Waals surface area contributed by atoms with Gasteiger partial charge < -0.3 is 4.74 Å². The normalized spacial score (nSPS) is 11.9. The lowest BCUT2D eigenvalue weighted by atomic mass is 10.1. The van der Waals surface area contributed by atoms with E-state index in [1.807, 2.05) is 30.3 Å². The number of unbranched alkanes of at least 4 members (excludes halogenated alkanes) is 1. The van der Waals surface area contributed by atoms with Crippen LogP contribution in [0.25, 0.3) is 21.8 Å². The molecule has 0 N–H and O–H groups in total. The average Bonchev–Trinajstić information content (AvgIpc) is 3.13. The van der Waals surface area contributed by atoms with E-state index in [0.717, 1.165) is 18.2 Å². The predicted molar refractivity (Wildman–Crippen MR) is 107 cm³/mol. The van der Waals surface area contributed by atoms with Crippen LogP contribution in [-0.4, -0.2) is 24.0 Å². The topological polar surface area (TPSA) is 61.2 Å². The van der Waals surface area contributed by atoms with Crippen LogP contribution in [0, 0.1) is 0 Å². The number of rotatable bonds is 6. The minimum atomic E-state index is -3.79. The zero-order chi connectivity index (χ0) is 18.9. The highest BCUT2D eigenvalue weighted by Crippen LogP contribution is 2.33. The number of benzene rings is 3. The Bertz CT molecular complexity index is 1210. The lowest BCUT2D eigenvalue weighted by molar-refractivity contribution is 0.313. The molecule has 0 fully saturated rings. The minimum Gasteiger partial charge on any atom is -0.493 e. The van der Waals surface area contributed by atoms with Gasteiger partial charge >= 0.3 is 0 Å². The maximum absolute atomic E-state index is 13.4. The van der Waals surface area contributed by atoms with Crippen molar-refractivity contribution in [2.75, 3.05) is 6.61 Å². The maximum atomic E-state index is 13.4. The fourth-order valence-electron chi connectivity index (χ4n) is 3.16. The van der Waals surface area contributed by atoms with Crippen LogP contribution in [0.2, 0.25) is 0 Å². The first kappa shape index (κ1) is 17.5. The molecular formula is C21H20N2O3S. The number of fused-ring (bicyclic) bond motifs is 2. The lowest BCUT2D eigenvalue weighted by Gasteiger charge is -2.13. The predicted octanol–water partition coefficient (Wildman–Crippen LogP) is 4.61. The zero-order valence-corrected chi connectivity index (χ0v) is 15.8. The van der Waals surface area contributed by atoms with E-state index in [9.17, 15) is 8.42 Å². The van der Waals surface area contributed by atoms with Gasteiger partial charge in [0.05, 0.1) is 22.5 Å². The molecule has 27 heavy (non-hydrogen) atoms. The molecule has 0 saturated carbocycles. The Morgan fingerprint density at radius 1 is 0.963 bits per heavy atom. The number of hydrogen-bond donors (Lipinski definition) is 0. The third kappa shape index (κ3) is 3.06. The van der Waals surface area contributed by atoms with Gasteiger partial charge in [0, 0.05) is 10.8 Å². The number of para-hydroxylation sites is 2.